The van der Waals surface area contributed by atoms with Crippen LogP contribution in [-0.2, 0) is 16.0 Å². The van der Waals surface area contributed by atoms with Crippen LogP contribution in [0.3, 0.4) is 0 Å². The summed E-state index contributed by atoms with van der Waals surface area (Å²) >= 11 is 0. The van der Waals surface area contributed by atoms with E-state index in [4.69, 9.17) is 4.74 Å². The molecular formula is C15H19NO4. The molecule has 0 radical (unpaired) electrons. The molecule has 1 N–H and O–H groups in total. The Bertz CT molecular complexity index is 486. The third-order valence-corrected chi connectivity index (χ3v) is 3.63. The Labute approximate surface area is 118 Å². The van der Waals surface area contributed by atoms with E-state index in [0.29, 0.717) is 6.42 Å². The summed E-state index contributed by atoms with van der Waals surface area (Å²) in [5, 5.41) is 9.51. The van der Waals surface area contributed by atoms with E-state index in [0.717, 1.165) is 10.5 Å². The number of aliphatic hydroxyl groups is 1. The molecule has 1 aliphatic rings. The number of rotatable bonds is 4. The molecule has 0 bridgehead atoms. The number of nitrogens with zero attached hydrogens (tertiary/aromatic N) is 1. The van der Waals surface area contributed by atoms with Gasteiger partial charge in [0.2, 0.25) is 5.91 Å². The van der Waals surface area contributed by atoms with Crippen molar-refractivity contribution in [3.63, 3.8) is 0 Å². The first-order valence-electron chi connectivity index (χ1n) is 6.72. The first kappa shape index (κ1) is 14.5. The van der Waals surface area contributed by atoms with E-state index >= 15 is 0 Å². The molecule has 1 aromatic rings. The average Bonchev–Trinajstić information content (AvgIpc) is 2.79. The second kappa shape index (κ2) is 6.05. The smallest absolute Gasteiger partial charge is 0.416 e. The molecule has 2 rings (SSSR count). The highest BCUT2D eigenvalue weighted by Gasteiger charge is 2.40. The molecule has 0 aromatic heterocycles. The van der Waals surface area contributed by atoms with Crippen LogP contribution in [-0.4, -0.2) is 40.8 Å². The minimum Gasteiger partial charge on any atom is -0.447 e. The Kier molecular flexibility index (Phi) is 4.39. The Morgan fingerprint density at radius 2 is 2.05 bits per heavy atom. The summed E-state index contributed by atoms with van der Waals surface area (Å²) in [4.78, 5) is 25.2. The van der Waals surface area contributed by atoms with E-state index in [1.165, 1.54) is 6.92 Å². The fraction of sp³-hybridized carbons (Fsp3) is 0.467. The predicted octanol–water partition coefficient (Wildman–Crippen LogP) is 1.59. The van der Waals surface area contributed by atoms with E-state index in [1.807, 2.05) is 30.3 Å². The highest BCUT2D eigenvalue weighted by molar-refractivity contribution is 5.94. The van der Waals surface area contributed by atoms with Gasteiger partial charge in [0.25, 0.3) is 0 Å². The van der Waals surface area contributed by atoms with E-state index in [1.54, 1.807) is 6.92 Å². The van der Waals surface area contributed by atoms with Crippen molar-refractivity contribution in [3.05, 3.63) is 35.9 Å². The van der Waals surface area contributed by atoms with Crippen LogP contribution in [0.5, 0.6) is 0 Å². The van der Waals surface area contributed by atoms with Crippen LogP contribution in [0.1, 0.15) is 19.4 Å². The Morgan fingerprint density at radius 3 is 2.65 bits per heavy atom. The lowest BCUT2D eigenvalue weighted by atomic mass is 10.0. The molecule has 1 aliphatic heterocycles. The molecular weight excluding hydrogens is 258 g/mol. The topological polar surface area (TPSA) is 66.8 Å². The number of carbonyl (C=O) groups is 2. The second-order valence-corrected chi connectivity index (χ2v) is 5.16. The fourth-order valence-corrected chi connectivity index (χ4v) is 2.19. The summed E-state index contributed by atoms with van der Waals surface area (Å²) in [6.07, 6.45) is -0.859. The normalized spacial score (nSPS) is 21.4. The van der Waals surface area contributed by atoms with Crippen molar-refractivity contribution in [1.82, 2.24) is 4.90 Å². The largest absolute Gasteiger partial charge is 0.447 e. The van der Waals surface area contributed by atoms with Crippen molar-refractivity contribution in [3.8, 4) is 0 Å². The number of benzene rings is 1. The van der Waals surface area contributed by atoms with Gasteiger partial charge in [-0.3, -0.25) is 4.79 Å². The molecule has 0 unspecified atom stereocenters. The van der Waals surface area contributed by atoms with Gasteiger partial charge in [0.05, 0.1) is 18.1 Å². The fourth-order valence-electron chi connectivity index (χ4n) is 2.19. The van der Waals surface area contributed by atoms with E-state index in [2.05, 4.69) is 0 Å². The van der Waals surface area contributed by atoms with Crippen molar-refractivity contribution in [2.24, 2.45) is 5.92 Å². The molecule has 1 fully saturated rings. The number of imide groups is 1. The molecule has 1 aromatic carbocycles. The molecule has 2 amide bonds. The lowest BCUT2D eigenvalue weighted by Gasteiger charge is -2.24. The summed E-state index contributed by atoms with van der Waals surface area (Å²) in [6, 6.07) is 9.33. The van der Waals surface area contributed by atoms with Crippen molar-refractivity contribution < 1.29 is 19.4 Å². The summed E-state index contributed by atoms with van der Waals surface area (Å²) in [5.41, 5.74) is 1.04. The Morgan fingerprint density at radius 1 is 1.40 bits per heavy atom. The molecule has 1 saturated heterocycles. The number of ether oxygens (including phenoxy) is 1. The van der Waals surface area contributed by atoms with Gasteiger partial charge < -0.3 is 9.84 Å². The molecule has 20 heavy (non-hydrogen) atoms. The van der Waals surface area contributed by atoms with E-state index < -0.39 is 18.1 Å². The zero-order chi connectivity index (χ0) is 14.7. The van der Waals surface area contributed by atoms with Crippen molar-refractivity contribution in [2.45, 2.75) is 32.4 Å². The number of hydrogen-bond donors (Lipinski definition) is 1. The van der Waals surface area contributed by atoms with Gasteiger partial charge in [0.1, 0.15) is 6.61 Å². The zero-order valence-electron chi connectivity index (χ0n) is 11.7. The summed E-state index contributed by atoms with van der Waals surface area (Å²) < 4.78 is 4.99. The first-order valence-corrected chi connectivity index (χ1v) is 6.72. The van der Waals surface area contributed by atoms with E-state index in [9.17, 15) is 14.7 Å². The zero-order valence-corrected chi connectivity index (χ0v) is 11.7. The highest BCUT2D eigenvalue weighted by Crippen LogP contribution is 2.21. The maximum absolute atomic E-state index is 12.3. The molecule has 5 heteroatoms. The molecule has 0 saturated carbocycles. The van der Waals surface area contributed by atoms with Crippen LogP contribution >= 0.6 is 0 Å². The monoisotopic (exact) mass is 277 g/mol. The Hall–Kier alpha value is -1.88. The maximum atomic E-state index is 12.3. The van der Waals surface area contributed by atoms with Gasteiger partial charge >= 0.3 is 6.09 Å². The summed E-state index contributed by atoms with van der Waals surface area (Å²) in [5.74, 6) is -1.01. The van der Waals surface area contributed by atoms with Crippen LogP contribution in [0.15, 0.2) is 30.3 Å². The maximum Gasteiger partial charge on any atom is 0.416 e. The van der Waals surface area contributed by atoms with Crippen molar-refractivity contribution in [2.75, 3.05) is 6.61 Å². The van der Waals surface area contributed by atoms with Crippen LogP contribution in [0.4, 0.5) is 4.79 Å². The van der Waals surface area contributed by atoms with Gasteiger partial charge in [-0.25, -0.2) is 9.69 Å². The molecule has 3 atom stereocenters. The van der Waals surface area contributed by atoms with Gasteiger partial charge in [0, 0.05) is 0 Å². The molecule has 1 heterocycles. The van der Waals surface area contributed by atoms with Gasteiger partial charge in [0.15, 0.2) is 0 Å². The van der Waals surface area contributed by atoms with E-state index in [-0.39, 0.29) is 18.6 Å². The third kappa shape index (κ3) is 2.99. The van der Waals surface area contributed by atoms with Gasteiger partial charge in [-0.15, -0.1) is 0 Å². The SMILES string of the molecule is C[C@H](C(=O)N1C(=O)OC[C@@H]1Cc1ccccc1)[C@@H](C)O. The molecule has 0 aliphatic carbocycles. The quantitative estimate of drug-likeness (QED) is 0.907. The molecule has 0 spiro atoms. The van der Waals surface area contributed by atoms with Gasteiger partial charge in [-0.05, 0) is 18.9 Å². The highest BCUT2D eigenvalue weighted by atomic mass is 16.6. The van der Waals surface area contributed by atoms with Crippen molar-refractivity contribution in [1.29, 1.82) is 0 Å². The predicted molar refractivity (Wildman–Crippen MR) is 73.0 cm³/mol. The number of aliphatic hydroxyl groups excluding tert-OH is 1. The third-order valence-electron chi connectivity index (χ3n) is 3.63. The van der Waals surface area contributed by atoms with Gasteiger partial charge in [-0.1, -0.05) is 37.3 Å². The summed E-state index contributed by atoms with van der Waals surface area (Å²) in [7, 11) is 0. The molecule has 108 valence electrons. The minimum absolute atomic E-state index is 0.200. The number of hydrogen-bond acceptors (Lipinski definition) is 4. The van der Waals surface area contributed by atoms with Crippen LogP contribution in [0.2, 0.25) is 0 Å². The van der Waals surface area contributed by atoms with Crippen molar-refractivity contribution >= 4 is 12.0 Å². The van der Waals surface area contributed by atoms with Crippen LogP contribution in [0.25, 0.3) is 0 Å². The molecule has 5 nitrogen and oxygen atoms in total. The Balaban J connectivity index is 2.13. The van der Waals surface area contributed by atoms with Gasteiger partial charge in [-0.2, -0.15) is 0 Å². The number of amides is 2. The van der Waals surface area contributed by atoms with Crippen LogP contribution < -0.4 is 0 Å². The first-order chi connectivity index (χ1) is 9.50. The standard InChI is InChI=1S/C15H19NO4/c1-10(11(2)17)14(18)16-13(9-20-15(16)19)8-12-6-4-3-5-7-12/h3-7,10-11,13,17H,8-9H2,1-2H3/t10-,11+,13-/m0/s1. The average molecular weight is 277 g/mol. The number of cyclic esters (lactones) is 1. The lowest BCUT2D eigenvalue weighted by molar-refractivity contribution is -0.135. The summed E-state index contributed by atoms with van der Waals surface area (Å²) in [6.45, 7) is 3.35. The lowest BCUT2D eigenvalue weighted by Crippen LogP contribution is -2.45. The minimum atomic E-state index is -0.798. The second-order valence-electron chi connectivity index (χ2n) is 5.16. The van der Waals surface area contributed by atoms with Crippen LogP contribution in [0, 0.1) is 5.92 Å². The number of carbonyl (C=O) groups excluding carboxylic acids is 2.